The number of rotatable bonds is 7. The highest BCUT2D eigenvalue weighted by Gasteiger charge is 2.51. The van der Waals surface area contributed by atoms with E-state index in [1.54, 1.807) is 0 Å². The van der Waals surface area contributed by atoms with E-state index in [1.165, 1.54) is 16.4 Å². The van der Waals surface area contributed by atoms with Crippen LogP contribution in [0.25, 0.3) is 0 Å². The first-order valence-electron chi connectivity index (χ1n) is 8.90. The summed E-state index contributed by atoms with van der Waals surface area (Å²) in [6.45, 7) is 10.3. The Morgan fingerprint density at radius 1 is 1.08 bits per heavy atom. The van der Waals surface area contributed by atoms with Gasteiger partial charge in [0.25, 0.3) is 8.32 Å². The Hall–Kier alpha value is -2.12. The van der Waals surface area contributed by atoms with Gasteiger partial charge in [0.05, 0.1) is 6.10 Å². The molecule has 0 unspecified atom stereocenters. The Morgan fingerprint density at radius 2 is 1.54 bits per heavy atom. The first-order valence-corrected chi connectivity index (χ1v) is 10.8. The second-order valence-electron chi connectivity index (χ2n) is 7.48. The fraction of sp³-hybridized carbons (Fsp3) is 0.304. The highest BCUT2D eigenvalue weighted by atomic mass is 28.4. The maximum Gasteiger partial charge on any atom is 0.262 e. The number of aliphatic hydroxyl groups is 1. The van der Waals surface area contributed by atoms with Gasteiger partial charge in [-0.1, -0.05) is 93.4 Å². The minimum Gasteiger partial charge on any atom is -0.394 e. The summed E-state index contributed by atoms with van der Waals surface area (Å²) in [7, 11) is -2.70. The Morgan fingerprint density at radius 3 is 1.88 bits per heavy atom. The summed E-state index contributed by atoms with van der Waals surface area (Å²) in [4.78, 5) is 0. The lowest BCUT2D eigenvalue weighted by molar-refractivity contribution is 0.145. The number of hydrogen-bond donors (Lipinski definition) is 1. The van der Waals surface area contributed by atoms with E-state index in [2.05, 4.69) is 57.5 Å². The van der Waals surface area contributed by atoms with Crippen molar-refractivity contribution in [2.45, 2.75) is 44.4 Å². The molecule has 0 spiro atoms. The van der Waals surface area contributed by atoms with Gasteiger partial charge in [-0.25, -0.2) is 0 Å². The smallest absolute Gasteiger partial charge is 0.262 e. The summed E-state index contributed by atoms with van der Waals surface area (Å²) in [5.41, 5.74) is 0. The van der Waals surface area contributed by atoms with Gasteiger partial charge >= 0.3 is 0 Å². The van der Waals surface area contributed by atoms with Crippen LogP contribution in [0.3, 0.4) is 0 Å². The summed E-state index contributed by atoms with van der Waals surface area (Å²) in [6, 6.07) is 20.7. The molecule has 0 saturated carbocycles. The van der Waals surface area contributed by atoms with Gasteiger partial charge in [-0.3, -0.25) is 0 Å². The van der Waals surface area contributed by atoms with Crippen LogP contribution < -0.4 is 10.4 Å². The molecule has 0 aliphatic carbocycles. The SMILES string of the molecule is C#C[C@@H](C[C@H](O)C=C)O[Si](c1ccccc1)(c1ccccc1)C(C)(C)C. The molecule has 2 aromatic carbocycles. The van der Waals surface area contributed by atoms with E-state index in [1.807, 2.05) is 36.4 Å². The normalized spacial score (nSPS) is 14.3. The zero-order valence-electron chi connectivity index (χ0n) is 15.9. The van der Waals surface area contributed by atoms with E-state index in [0.717, 1.165) is 0 Å². The molecule has 1 N–H and O–H groups in total. The van der Waals surface area contributed by atoms with Gasteiger partial charge in [-0.2, -0.15) is 0 Å². The van der Waals surface area contributed by atoms with Crippen LogP contribution >= 0.6 is 0 Å². The number of benzene rings is 2. The van der Waals surface area contributed by atoms with Crippen molar-refractivity contribution >= 4 is 18.7 Å². The molecule has 0 aliphatic heterocycles. The van der Waals surface area contributed by atoms with E-state index in [-0.39, 0.29) is 5.04 Å². The van der Waals surface area contributed by atoms with Crippen molar-refractivity contribution in [3.05, 3.63) is 73.3 Å². The molecule has 0 aromatic heterocycles. The maximum atomic E-state index is 10.0. The quantitative estimate of drug-likeness (QED) is 0.463. The molecule has 0 heterocycles. The van der Waals surface area contributed by atoms with Gasteiger partial charge in [-0.15, -0.1) is 13.0 Å². The van der Waals surface area contributed by atoms with E-state index in [9.17, 15) is 5.11 Å². The van der Waals surface area contributed by atoms with E-state index in [4.69, 9.17) is 10.8 Å². The molecule has 2 atom stereocenters. The number of terminal acetylenes is 1. The molecule has 0 saturated heterocycles. The van der Waals surface area contributed by atoms with E-state index >= 15 is 0 Å². The van der Waals surface area contributed by atoms with Crippen molar-refractivity contribution in [1.29, 1.82) is 0 Å². The maximum absolute atomic E-state index is 10.0. The Balaban J connectivity index is 2.64. The number of hydrogen-bond acceptors (Lipinski definition) is 2. The minimum atomic E-state index is -2.70. The van der Waals surface area contributed by atoms with Crippen molar-refractivity contribution in [2.75, 3.05) is 0 Å². The predicted molar refractivity (Wildman–Crippen MR) is 112 cm³/mol. The topological polar surface area (TPSA) is 29.5 Å². The van der Waals surface area contributed by atoms with E-state index < -0.39 is 20.5 Å². The third-order valence-corrected chi connectivity index (χ3v) is 9.69. The lowest BCUT2D eigenvalue weighted by Crippen LogP contribution is -2.67. The average Bonchev–Trinajstić information content (AvgIpc) is 2.65. The van der Waals surface area contributed by atoms with Crippen LogP contribution in [-0.4, -0.2) is 25.6 Å². The molecule has 0 aliphatic rings. The first-order chi connectivity index (χ1) is 12.3. The molecule has 136 valence electrons. The average molecular weight is 365 g/mol. The van der Waals surface area contributed by atoms with Crippen molar-refractivity contribution in [3.8, 4) is 12.3 Å². The summed E-state index contributed by atoms with van der Waals surface area (Å²) in [5.74, 6) is 2.74. The molecule has 2 rings (SSSR count). The van der Waals surface area contributed by atoms with Gasteiger partial charge in [0.15, 0.2) is 0 Å². The zero-order valence-corrected chi connectivity index (χ0v) is 16.9. The fourth-order valence-electron chi connectivity index (χ4n) is 3.37. The van der Waals surface area contributed by atoms with Crippen LogP contribution in [-0.2, 0) is 4.43 Å². The summed E-state index contributed by atoms with van der Waals surface area (Å²) in [6.07, 6.45) is 6.44. The van der Waals surface area contributed by atoms with Crippen LogP contribution in [0.1, 0.15) is 27.2 Å². The third kappa shape index (κ3) is 4.16. The molecule has 2 aromatic rings. The van der Waals surface area contributed by atoms with Crippen LogP contribution in [0.5, 0.6) is 0 Å². The molecule has 2 nitrogen and oxygen atoms in total. The van der Waals surface area contributed by atoms with Crippen LogP contribution in [0.4, 0.5) is 0 Å². The molecule has 3 heteroatoms. The lowest BCUT2D eigenvalue weighted by atomic mass is 10.2. The van der Waals surface area contributed by atoms with Crippen molar-refractivity contribution in [1.82, 2.24) is 0 Å². The summed E-state index contributed by atoms with van der Waals surface area (Å²) in [5, 5.41) is 12.2. The largest absolute Gasteiger partial charge is 0.394 e. The van der Waals surface area contributed by atoms with Gasteiger partial charge in [-0.05, 0) is 15.4 Å². The Bertz CT molecular complexity index is 702. The molecular weight excluding hydrogens is 336 g/mol. The van der Waals surface area contributed by atoms with Crippen LogP contribution in [0.2, 0.25) is 5.04 Å². The van der Waals surface area contributed by atoms with Crippen molar-refractivity contribution in [3.63, 3.8) is 0 Å². The second kappa shape index (κ2) is 8.51. The zero-order chi connectivity index (χ0) is 19.2. The lowest BCUT2D eigenvalue weighted by Gasteiger charge is -2.44. The molecule has 0 radical (unpaired) electrons. The third-order valence-electron chi connectivity index (χ3n) is 4.65. The van der Waals surface area contributed by atoms with Crippen LogP contribution in [0, 0.1) is 12.3 Å². The highest BCUT2D eigenvalue weighted by Crippen LogP contribution is 2.37. The Kier molecular flexibility index (Phi) is 6.61. The van der Waals surface area contributed by atoms with E-state index in [0.29, 0.717) is 6.42 Å². The standard InChI is InChI=1S/C23H28O2Si/c1-6-19(24)18-20(7-2)25-26(23(3,4)5,21-14-10-8-11-15-21)22-16-12-9-13-17-22/h2,6,8-17,19-20,24H,1,18H2,3-5H3/t19-,20+/m1/s1. The van der Waals surface area contributed by atoms with Crippen molar-refractivity contribution in [2.24, 2.45) is 0 Å². The Labute approximate surface area is 158 Å². The van der Waals surface area contributed by atoms with Gasteiger partial charge in [0.1, 0.15) is 6.10 Å². The molecular formula is C23H28O2Si. The summed E-state index contributed by atoms with van der Waals surface area (Å²) < 4.78 is 6.79. The van der Waals surface area contributed by atoms with Gasteiger partial charge in [0.2, 0.25) is 0 Å². The monoisotopic (exact) mass is 364 g/mol. The minimum absolute atomic E-state index is 0.149. The van der Waals surface area contributed by atoms with Crippen molar-refractivity contribution < 1.29 is 9.53 Å². The molecule has 0 fully saturated rings. The second-order valence-corrected chi connectivity index (χ2v) is 11.7. The van der Waals surface area contributed by atoms with Gasteiger partial charge < -0.3 is 9.53 Å². The highest BCUT2D eigenvalue weighted by molar-refractivity contribution is 6.99. The summed E-state index contributed by atoms with van der Waals surface area (Å²) >= 11 is 0. The molecule has 0 bridgehead atoms. The molecule has 0 amide bonds. The van der Waals surface area contributed by atoms with Crippen LogP contribution in [0.15, 0.2) is 73.3 Å². The first kappa shape index (κ1) is 20.2. The predicted octanol–water partition coefficient (Wildman–Crippen LogP) is 3.50. The molecule has 26 heavy (non-hydrogen) atoms. The van der Waals surface area contributed by atoms with Gasteiger partial charge in [0, 0.05) is 6.42 Å². The number of aliphatic hydroxyl groups excluding tert-OH is 1. The fourth-order valence-corrected chi connectivity index (χ4v) is 7.98.